The minimum atomic E-state index is -1.09. The van der Waals surface area contributed by atoms with Gasteiger partial charge in [-0.25, -0.2) is 4.79 Å². The third-order valence-corrected chi connectivity index (χ3v) is 4.60. The molecule has 2 rings (SSSR count). The smallest absolute Gasteiger partial charge is 0.331 e. The first kappa shape index (κ1) is 16.0. The molecule has 1 saturated heterocycles. The fraction of sp³-hybridized carbons (Fsp3) is 0.588. The Labute approximate surface area is 127 Å². The second-order valence-corrected chi connectivity index (χ2v) is 5.96. The topological polar surface area (TPSA) is 55.6 Å². The van der Waals surface area contributed by atoms with Crippen molar-refractivity contribution < 1.29 is 9.53 Å². The van der Waals surface area contributed by atoms with Gasteiger partial charge in [0.05, 0.1) is 7.11 Å². The van der Waals surface area contributed by atoms with Crippen LogP contribution in [-0.4, -0.2) is 37.6 Å². The number of hydrogen-bond acceptors (Lipinski definition) is 4. The fourth-order valence-corrected chi connectivity index (χ4v) is 3.10. The first-order valence-corrected chi connectivity index (χ1v) is 7.75. The van der Waals surface area contributed by atoms with Crippen molar-refractivity contribution in [3.63, 3.8) is 0 Å². The lowest BCUT2D eigenvalue weighted by atomic mass is 9.88. The second-order valence-electron chi connectivity index (χ2n) is 5.96. The summed E-state index contributed by atoms with van der Waals surface area (Å²) in [7, 11) is 1.40. The molecule has 0 aliphatic carbocycles. The number of nitrogens with two attached hydrogens (primary N) is 1. The number of hydrogen-bond donors (Lipinski definition) is 1. The number of piperidine rings is 1. The molecule has 1 fully saturated rings. The van der Waals surface area contributed by atoms with Gasteiger partial charge in [0, 0.05) is 6.54 Å². The van der Waals surface area contributed by atoms with Crippen LogP contribution in [0.4, 0.5) is 0 Å². The van der Waals surface area contributed by atoms with Crippen LogP contribution in [0.3, 0.4) is 0 Å². The van der Waals surface area contributed by atoms with E-state index in [1.54, 1.807) is 0 Å². The van der Waals surface area contributed by atoms with Crippen molar-refractivity contribution >= 4 is 5.97 Å². The second kappa shape index (κ2) is 7.05. The lowest BCUT2D eigenvalue weighted by Gasteiger charge is -2.37. The number of methoxy groups -OCH3 is 1. The average molecular weight is 290 g/mol. The van der Waals surface area contributed by atoms with Gasteiger partial charge in [-0.05, 0) is 37.4 Å². The molecule has 1 unspecified atom stereocenters. The highest BCUT2D eigenvalue weighted by molar-refractivity contribution is 5.82. The maximum absolute atomic E-state index is 12.3. The maximum atomic E-state index is 12.3. The van der Waals surface area contributed by atoms with Gasteiger partial charge in [-0.15, -0.1) is 0 Å². The first-order valence-electron chi connectivity index (χ1n) is 7.75. The molecule has 2 N–H and O–H groups in total. The molecular formula is C17H26N2O2. The molecule has 1 aliphatic rings. The molecular weight excluding hydrogens is 264 g/mol. The normalized spacial score (nSPS) is 20.0. The van der Waals surface area contributed by atoms with Crippen LogP contribution < -0.4 is 5.73 Å². The van der Waals surface area contributed by atoms with Gasteiger partial charge in [0.2, 0.25) is 0 Å². The Bertz CT molecular complexity index is 455. The SMILES string of the molecule is CCC1CCN(CC(N)(C(=O)OC)c2ccccc2)CC1. The van der Waals surface area contributed by atoms with Gasteiger partial charge < -0.3 is 15.4 Å². The van der Waals surface area contributed by atoms with Gasteiger partial charge in [-0.1, -0.05) is 43.7 Å². The summed E-state index contributed by atoms with van der Waals surface area (Å²) >= 11 is 0. The number of rotatable bonds is 5. The molecule has 1 aromatic carbocycles. The van der Waals surface area contributed by atoms with Crippen LogP contribution in [-0.2, 0) is 15.1 Å². The van der Waals surface area contributed by atoms with Gasteiger partial charge in [0.25, 0.3) is 0 Å². The largest absolute Gasteiger partial charge is 0.467 e. The third kappa shape index (κ3) is 3.63. The Morgan fingerprint density at radius 3 is 2.48 bits per heavy atom. The molecule has 0 amide bonds. The van der Waals surface area contributed by atoms with Crippen LogP contribution in [0.2, 0.25) is 0 Å². The zero-order chi connectivity index (χ0) is 15.3. The summed E-state index contributed by atoms with van der Waals surface area (Å²) in [5, 5.41) is 0. The van der Waals surface area contributed by atoms with E-state index in [9.17, 15) is 4.79 Å². The molecule has 4 nitrogen and oxygen atoms in total. The Kier molecular flexibility index (Phi) is 5.37. The fourth-order valence-electron chi connectivity index (χ4n) is 3.10. The number of carbonyl (C=O) groups is 1. The molecule has 1 aromatic rings. The number of nitrogens with zero attached hydrogens (tertiary/aromatic N) is 1. The number of likely N-dealkylation sites (tertiary alicyclic amines) is 1. The quantitative estimate of drug-likeness (QED) is 0.844. The lowest BCUT2D eigenvalue weighted by molar-refractivity contribution is -0.148. The Morgan fingerprint density at radius 2 is 1.95 bits per heavy atom. The molecule has 116 valence electrons. The average Bonchev–Trinajstić information content (AvgIpc) is 2.55. The van der Waals surface area contributed by atoms with Gasteiger partial charge in [0.15, 0.2) is 5.54 Å². The summed E-state index contributed by atoms with van der Waals surface area (Å²) in [6.45, 7) is 4.76. The molecule has 1 aliphatic heterocycles. The van der Waals surface area contributed by atoms with E-state index in [2.05, 4.69) is 11.8 Å². The molecule has 0 saturated carbocycles. The van der Waals surface area contributed by atoms with Crippen molar-refractivity contribution in [2.75, 3.05) is 26.7 Å². The van der Waals surface area contributed by atoms with Crippen LogP contribution in [0.25, 0.3) is 0 Å². The minimum absolute atomic E-state index is 0.369. The summed E-state index contributed by atoms with van der Waals surface area (Å²) in [4.78, 5) is 14.5. The third-order valence-electron chi connectivity index (χ3n) is 4.60. The predicted molar refractivity (Wildman–Crippen MR) is 83.8 cm³/mol. The zero-order valence-corrected chi connectivity index (χ0v) is 13.0. The number of benzene rings is 1. The highest BCUT2D eigenvalue weighted by Gasteiger charge is 2.39. The summed E-state index contributed by atoms with van der Waals surface area (Å²) in [6.07, 6.45) is 3.60. The van der Waals surface area contributed by atoms with Crippen molar-refractivity contribution in [2.45, 2.75) is 31.7 Å². The van der Waals surface area contributed by atoms with Crippen molar-refractivity contribution in [3.05, 3.63) is 35.9 Å². The molecule has 1 heterocycles. The Hall–Kier alpha value is -1.39. The molecule has 0 spiro atoms. The Morgan fingerprint density at radius 1 is 1.33 bits per heavy atom. The van der Waals surface area contributed by atoms with Gasteiger partial charge >= 0.3 is 5.97 Å². The van der Waals surface area contributed by atoms with Crippen LogP contribution in [0.15, 0.2) is 30.3 Å². The number of ether oxygens (including phenoxy) is 1. The van der Waals surface area contributed by atoms with Crippen LogP contribution >= 0.6 is 0 Å². The first-order chi connectivity index (χ1) is 10.1. The molecule has 0 bridgehead atoms. The number of carbonyl (C=O) groups excluding carboxylic acids is 1. The van der Waals surface area contributed by atoms with E-state index in [1.807, 2.05) is 30.3 Å². The highest BCUT2D eigenvalue weighted by Crippen LogP contribution is 2.25. The van der Waals surface area contributed by atoms with E-state index >= 15 is 0 Å². The van der Waals surface area contributed by atoms with Crippen LogP contribution in [0, 0.1) is 5.92 Å². The van der Waals surface area contributed by atoms with Crippen molar-refractivity contribution in [2.24, 2.45) is 11.7 Å². The molecule has 4 heteroatoms. The molecule has 0 aromatic heterocycles. The zero-order valence-electron chi connectivity index (χ0n) is 13.0. The monoisotopic (exact) mass is 290 g/mol. The summed E-state index contributed by atoms with van der Waals surface area (Å²) in [5.74, 6) is 0.439. The standard InChI is InChI=1S/C17H26N2O2/c1-3-14-9-11-19(12-10-14)13-17(18,16(20)21-2)15-7-5-4-6-8-15/h4-8,14H,3,9-13,18H2,1-2H3. The molecule has 0 radical (unpaired) electrons. The van der Waals surface area contributed by atoms with Crippen LogP contribution in [0.5, 0.6) is 0 Å². The predicted octanol–water partition coefficient (Wildman–Crippen LogP) is 2.14. The van der Waals surface area contributed by atoms with Gasteiger partial charge in [-0.2, -0.15) is 0 Å². The van der Waals surface area contributed by atoms with Crippen molar-refractivity contribution in [3.8, 4) is 0 Å². The summed E-state index contributed by atoms with van der Waals surface area (Å²) in [6, 6.07) is 9.53. The lowest BCUT2D eigenvalue weighted by Crippen LogP contribution is -2.55. The van der Waals surface area contributed by atoms with E-state index in [1.165, 1.54) is 26.4 Å². The molecule has 1 atom stereocenters. The van der Waals surface area contributed by atoms with Gasteiger partial charge in [0.1, 0.15) is 0 Å². The van der Waals surface area contributed by atoms with Gasteiger partial charge in [-0.3, -0.25) is 0 Å². The van der Waals surface area contributed by atoms with Crippen molar-refractivity contribution in [1.29, 1.82) is 0 Å². The minimum Gasteiger partial charge on any atom is -0.467 e. The summed E-state index contributed by atoms with van der Waals surface area (Å²) in [5.41, 5.74) is 6.18. The Balaban J connectivity index is 2.13. The van der Waals surface area contributed by atoms with Crippen molar-refractivity contribution in [1.82, 2.24) is 4.90 Å². The molecule has 21 heavy (non-hydrogen) atoms. The maximum Gasteiger partial charge on any atom is 0.331 e. The van der Waals surface area contributed by atoms with E-state index in [0.717, 1.165) is 24.6 Å². The highest BCUT2D eigenvalue weighted by atomic mass is 16.5. The van der Waals surface area contributed by atoms with E-state index < -0.39 is 5.54 Å². The van der Waals surface area contributed by atoms with E-state index in [0.29, 0.717) is 6.54 Å². The van der Waals surface area contributed by atoms with Crippen LogP contribution in [0.1, 0.15) is 31.7 Å². The van der Waals surface area contributed by atoms with E-state index in [4.69, 9.17) is 10.5 Å². The van der Waals surface area contributed by atoms with E-state index in [-0.39, 0.29) is 5.97 Å². The number of esters is 1. The summed E-state index contributed by atoms with van der Waals surface area (Å²) < 4.78 is 4.96.